The Hall–Kier alpha value is -2.13. The molecule has 0 unspecified atom stereocenters. The van der Waals surface area contributed by atoms with E-state index < -0.39 is 5.41 Å². The summed E-state index contributed by atoms with van der Waals surface area (Å²) in [5.41, 5.74) is 1.19. The minimum absolute atomic E-state index is 0.0295. The third kappa shape index (κ3) is 2.24. The molecule has 0 bridgehead atoms. The van der Waals surface area contributed by atoms with Crippen LogP contribution in [-0.4, -0.2) is 10.4 Å². The minimum atomic E-state index is -0.661. The van der Waals surface area contributed by atoms with E-state index in [1.54, 1.807) is 41.1 Å². The number of rotatable bonds is 1. The highest BCUT2D eigenvalue weighted by Crippen LogP contribution is 2.37. The lowest BCUT2D eigenvalue weighted by molar-refractivity contribution is 0.0882. The Kier molecular flexibility index (Phi) is 3.10. The predicted molar refractivity (Wildman–Crippen MR) is 83.6 cm³/mol. The largest absolute Gasteiger partial charge is 0.293 e. The zero-order valence-electron chi connectivity index (χ0n) is 11.8. The molecule has 1 heterocycles. The number of carbonyl (C=O) groups excluding carboxylic acids is 1. The number of allylic oxidation sites excluding steroid dienone is 1. The second-order valence-corrected chi connectivity index (χ2v) is 6.12. The van der Waals surface area contributed by atoms with E-state index >= 15 is 0 Å². The number of fused-ring (bicyclic) bond motifs is 1. The number of hydrogen-bond acceptors (Lipinski definition) is 2. The molecule has 1 aromatic heterocycles. The number of hydrogen-bond donors (Lipinski definition) is 0. The molecule has 1 aromatic carbocycles. The topological polar surface area (TPSA) is 39.1 Å². The fourth-order valence-corrected chi connectivity index (χ4v) is 2.76. The van der Waals surface area contributed by atoms with E-state index in [0.717, 1.165) is 0 Å². The molecule has 0 N–H and O–H groups in total. The summed E-state index contributed by atoms with van der Waals surface area (Å²) in [6, 6.07) is 10.1. The SMILES string of the molecule is CC1(C)C=C(n2ccccc2=O)c2cc(Cl)ccc2C1=O. The van der Waals surface area contributed by atoms with Gasteiger partial charge in [-0.1, -0.05) is 17.7 Å². The molecule has 0 radical (unpaired) electrons. The molecule has 0 atom stereocenters. The molecule has 2 aromatic rings. The fraction of sp³-hybridized carbons (Fsp3) is 0.176. The van der Waals surface area contributed by atoms with Gasteiger partial charge in [0.05, 0.1) is 5.70 Å². The monoisotopic (exact) mass is 299 g/mol. The van der Waals surface area contributed by atoms with Crippen molar-refractivity contribution < 1.29 is 4.79 Å². The summed E-state index contributed by atoms with van der Waals surface area (Å²) < 4.78 is 1.54. The molecule has 0 amide bonds. The molecule has 0 saturated heterocycles. The number of carbonyl (C=O) groups is 1. The molecule has 3 nitrogen and oxygen atoms in total. The van der Waals surface area contributed by atoms with Crippen molar-refractivity contribution in [1.29, 1.82) is 0 Å². The van der Waals surface area contributed by atoms with Gasteiger partial charge >= 0.3 is 0 Å². The van der Waals surface area contributed by atoms with E-state index in [-0.39, 0.29) is 11.3 Å². The first-order valence-electron chi connectivity index (χ1n) is 6.66. The number of pyridine rings is 1. The van der Waals surface area contributed by atoms with Crippen LogP contribution in [0.25, 0.3) is 5.70 Å². The van der Waals surface area contributed by atoms with Gasteiger partial charge in [0.25, 0.3) is 5.56 Å². The van der Waals surface area contributed by atoms with E-state index in [4.69, 9.17) is 11.6 Å². The summed E-state index contributed by atoms with van der Waals surface area (Å²) in [7, 11) is 0. The van der Waals surface area contributed by atoms with Crippen LogP contribution in [-0.2, 0) is 0 Å². The average molecular weight is 300 g/mol. The van der Waals surface area contributed by atoms with Crippen LogP contribution in [0.1, 0.15) is 29.8 Å². The minimum Gasteiger partial charge on any atom is -0.293 e. The van der Waals surface area contributed by atoms with E-state index in [1.165, 1.54) is 6.07 Å². The van der Waals surface area contributed by atoms with Crippen LogP contribution >= 0.6 is 11.6 Å². The van der Waals surface area contributed by atoms with Crippen LogP contribution in [0.2, 0.25) is 5.02 Å². The second kappa shape index (κ2) is 4.71. The standard InChI is InChI=1S/C17H14ClNO2/c1-17(2)10-14(19-8-4-3-5-15(19)20)13-9-11(18)6-7-12(13)16(17)21/h3-10H,1-2H3. The maximum atomic E-state index is 12.5. The molecule has 106 valence electrons. The predicted octanol–water partition coefficient (Wildman–Crippen LogP) is 3.61. The third-order valence-electron chi connectivity index (χ3n) is 3.67. The Bertz CT molecular complexity index is 831. The Labute approximate surface area is 127 Å². The van der Waals surface area contributed by atoms with Gasteiger partial charge < -0.3 is 0 Å². The Morgan fingerprint density at radius 2 is 1.81 bits per heavy atom. The molecule has 1 aliphatic rings. The zero-order valence-corrected chi connectivity index (χ0v) is 12.5. The molecule has 3 rings (SSSR count). The van der Waals surface area contributed by atoms with Gasteiger partial charge in [0.1, 0.15) is 0 Å². The highest BCUT2D eigenvalue weighted by atomic mass is 35.5. The van der Waals surface area contributed by atoms with E-state index in [2.05, 4.69) is 0 Å². The Morgan fingerprint density at radius 1 is 1.05 bits per heavy atom. The van der Waals surface area contributed by atoms with Gasteiger partial charge in [-0.05, 0) is 44.2 Å². The van der Waals surface area contributed by atoms with Crippen LogP contribution in [0, 0.1) is 5.41 Å². The van der Waals surface area contributed by atoms with Crippen molar-refractivity contribution in [3.63, 3.8) is 0 Å². The first-order chi connectivity index (χ1) is 9.90. The second-order valence-electron chi connectivity index (χ2n) is 5.68. The van der Waals surface area contributed by atoms with Gasteiger partial charge in [-0.25, -0.2) is 0 Å². The number of benzene rings is 1. The van der Waals surface area contributed by atoms with Crippen LogP contribution in [0.15, 0.2) is 53.5 Å². The van der Waals surface area contributed by atoms with E-state index in [0.29, 0.717) is 21.8 Å². The van der Waals surface area contributed by atoms with E-state index in [1.807, 2.05) is 19.9 Å². The number of aromatic nitrogens is 1. The van der Waals surface area contributed by atoms with Crippen LogP contribution in [0.5, 0.6) is 0 Å². The summed E-state index contributed by atoms with van der Waals surface area (Å²) in [5.74, 6) is 0.0295. The van der Waals surface area contributed by atoms with E-state index in [9.17, 15) is 9.59 Å². The first-order valence-corrected chi connectivity index (χ1v) is 7.03. The van der Waals surface area contributed by atoms with Gasteiger partial charge in [0.15, 0.2) is 5.78 Å². The molecular formula is C17H14ClNO2. The van der Waals surface area contributed by atoms with Crippen molar-refractivity contribution in [2.75, 3.05) is 0 Å². The molecule has 21 heavy (non-hydrogen) atoms. The number of ketones is 1. The summed E-state index contributed by atoms with van der Waals surface area (Å²) in [4.78, 5) is 24.6. The molecule has 1 aliphatic carbocycles. The number of halogens is 1. The molecule has 0 aliphatic heterocycles. The lowest BCUT2D eigenvalue weighted by Crippen LogP contribution is -2.30. The zero-order chi connectivity index (χ0) is 15.2. The quantitative estimate of drug-likeness (QED) is 0.807. The van der Waals surface area contributed by atoms with Crippen molar-refractivity contribution in [1.82, 2.24) is 4.57 Å². The summed E-state index contributed by atoms with van der Waals surface area (Å²) >= 11 is 6.06. The number of Topliss-reactive ketones (excluding diaryl/α,β-unsaturated/α-hetero) is 1. The Morgan fingerprint density at radius 3 is 2.52 bits per heavy atom. The summed E-state index contributed by atoms with van der Waals surface area (Å²) in [6.07, 6.45) is 3.53. The van der Waals surface area contributed by atoms with Gasteiger partial charge in [0.2, 0.25) is 0 Å². The van der Waals surface area contributed by atoms with Gasteiger partial charge in [-0.3, -0.25) is 14.2 Å². The van der Waals surface area contributed by atoms with Gasteiger partial charge in [0, 0.05) is 33.8 Å². The maximum absolute atomic E-state index is 12.5. The molecule has 0 saturated carbocycles. The van der Waals surface area contributed by atoms with Crippen LogP contribution in [0.4, 0.5) is 0 Å². The smallest absolute Gasteiger partial charge is 0.255 e. The van der Waals surface area contributed by atoms with Gasteiger partial charge in [-0.15, -0.1) is 0 Å². The van der Waals surface area contributed by atoms with Crippen molar-refractivity contribution in [2.24, 2.45) is 5.41 Å². The summed E-state index contributed by atoms with van der Waals surface area (Å²) in [6.45, 7) is 3.70. The van der Waals surface area contributed by atoms with Crippen molar-refractivity contribution in [3.05, 3.63) is 75.2 Å². The molecule has 0 spiro atoms. The van der Waals surface area contributed by atoms with Gasteiger partial charge in [-0.2, -0.15) is 0 Å². The van der Waals surface area contributed by atoms with Crippen molar-refractivity contribution in [3.8, 4) is 0 Å². The summed E-state index contributed by atoms with van der Waals surface area (Å²) in [5, 5.41) is 0.538. The Balaban J connectivity index is 2.34. The van der Waals surface area contributed by atoms with Crippen LogP contribution < -0.4 is 5.56 Å². The fourth-order valence-electron chi connectivity index (χ4n) is 2.58. The maximum Gasteiger partial charge on any atom is 0.255 e. The lowest BCUT2D eigenvalue weighted by atomic mass is 9.77. The lowest BCUT2D eigenvalue weighted by Gasteiger charge is -2.29. The molecular weight excluding hydrogens is 286 g/mol. The van der Waals surface area contributed by atoms with Crippen molar-refractivity contribution >= 4 is 23.1 Å². The number of nitrogens with zero attached hydrogens (tertiary/aromatic N) is 1. The third-order valence-corrected chi connectivity index (χ3v) is 3.90. The highest BCUT2D eigenvalue weighted by Gasteiger charge is 2.34. The van der Waals surface area contributed by atoms with Crippen LogP contribution in [0.3, 0.4) is 0 Å². The molecule has 0 fully saturated rings. The average Bonchev–Trinajstić information content (AvgIpc) is 2.44. The highest BCUT2D eigenvalue weighted by molar-refractivity contribution is 6.31. The normalized spacial score (nSPS) is 16.3. The molecule has 4 heteroatoms. The first kappa shape index (κ1) is 13.8. The van der Waals surface area contributed by atoms with Crippen molar-refractivity contribution in [2.45, 2.75) is 13.8 Å².